The summed E-state index contributed by atoms with van der Waals surface area (Å²) in [5.74, 6) is 0.0779. The number of nitrogens with zero attached hydrogens (tertiary/aromatic N) is 1. The van der Waals surface area contributed by atoms with Crippen LogP contribution in [0.3, 0.4) is 0 Å². The number of aliphatic hydroxyl groups excluding tert-OH is 1. The van der Waals surface area contributed by atoms with Crippen LogP contribution in [0.5, 0.6) is 0 Å². The molecule has 0 bridgehead atoms. The molecule has 1 aromatic carbocycles. The minimum atomic E-state index is -0.711. The number of amides is 1. The summed E-state index contributed by atoms with van der Waals surface area (Å²) in [7, 11) is 0. The van der Waals surface area contributed by atoms with Crippen LogP contribution >= 0.6 is 0 Å². The summed E-state index contributed by atoms with van der Waals surface area (Å²) in [6.45, 7) is 0. The second-order valence-corrected chi connectivity index (χ2v) is 5.85. The van der Waals surface area contributed by atoms with Crippen molar-refractivity contribution in [3.63, 3.8) is 0 Å². The first-order chi connectivity index (χ1) is 9.20. The van der Waals surface area contributed by atoms with Gasteiger partial charge in [0.05, 0.1) is 12.1 Å². The van der Waals surface area contributed by atoms with Crippen molar-refractivity contribution < 1.29 is 14.6 Å². The van der Waals surface area contributed by atoms with E-state index in [2.05, 4.69) is 12.1 Å². The van der Waals surface area contributed by atoms with Crippen LogP contribution in [0.1, 0.15) is 37.3 Å². The van der Waals surface area contributed by atoms with E-state index in [1.54, 1.807) is 0 Å². The molecule has 0 radical (unpaired) electrons. The molecule has 2 aliphatic heterocycles. The van der Waals surface area contributed by atoms with Crippen LogP contribution in [-0.4, -0.2) is 33.8 Å². The SMILES string of the molecule is O=C1N2[C@@H](CC[C@H]2c2ccccc2)OC12CC(O)C2. The first-order valence-electron chi connectivity index (χ1n) is 6.93. The van der Waals surface area contributed by atoms with Gasteiger partial charge in [0.25, 0.3) is 5.91 Å². The Morgan fingerprint density at radius 2 is 1.95 bits per heavy atom. The van der Waals surface area contributed by atoms with Crippen molar-refractivity contribution in [2.45, 2.75) is 49.7 Å². The fourth-order valence-corrected chi connectivity index (χ4v) is 3.69. The average Bonchev–Trinajstić information content (AvgIpc) is 2.90. The fourth-order valence-electron chi connectivity index (χ4n) is 3.69. The Balaban J connectivity index is 1.63. The topological polar surface area (TPSA) is 49.8 Å². The van der Waals surface area contributed by atoms with Crippen LogP contribution in [-0.2, 0) is 9.53 Å². The minimum Gasteiger partial charge on any atom is -0.393 e. The highest BCUT2D eigenvalue weighted by atomic mass is 16.6. The fraction of sp³-hybridized carbons (Fsp3) is 0.533. The van der Waals surface area contributed by atoms with Crippen molar-refractivity contribution in [1.82, 2.24) is 4.90 Å². The molecular weight excluding hydrogens is 242 g/mol. The van der Waals surface area contributed by atoms with Crippen LogP contribution in [0, 0.1) is 0 Å². The highest BCUT2D eigenvalue weighted by molar-refractivity contribution is 5.89. The maximum atomic E-state index is 12.6. The molecule has 19 heavy (non-hydrogen) atoms. The minimum absolute atomic E-state index is 0.0779. The monoisotopic (exact) mass is 259 g/mol. The summed E-state index contributed by atoms with van der Waals surface area (Å²) in [6, 6.07) is 10.3. The molecule has 1 aliphatic carbocycles. The van der Waals surface area contributed by atoms with E-state index in [4.69, 9.17) is 4.74 Å². The quantitative estimate of drug-likeness (QED) is 0.833. The number of ether oxygens (including phenoxy) is 1. The molecule has 1 N–H and O–H groups in total. The third-order valence-electron chi connectivity index (χ3n) is 4.63. The number of rotatable bonds is 1. The zero-order valence-corrected chi connectivity index (χ0v) is 10.7. The number of carbonyl (C=O) groups is 1. The van der Waals surface area contributed by atoms with Gasteiger partial charge in [-0.05, 0) is 18.4 Å². The number of hydrogen-bond donors (Lipinski definition) is 1. The van der Waals surface area contributed by atoms with Gasteiger partial charge < -0.3 is 14.7 Å². The third-order valence-corrected chi connectivity index (χ3v) is 4.63. The van der Waals surface area contributed by atoms with Crippen molar-refractivity contribution in [2.75, 3.05) is 0 Å². The van der Waals surface area contributed by atoms with E-state index in [9.17, 15) is 9.90 Å². The standard InChI is InChI=1S/C15H17NO3/c17-11-8-15(9-11)14(18)16-12(6-7-13(16)19-15)10-4-2-1-3-5-10/h1-5,11-13,17H,6-9H2/t11?,12-,13+,15?/m0/s1. The van der Waals surface area contributed by atoms with Gasteiger partial charge in [0.15, 0.2) is 5.60 Å². The second kappa shape index (κ2) is 3.81. The largest absolute Gasteiger partial charge is 0.393 e. The van der Waals surface area contributed by atoms with E-state index in [0.717, 1.165) is 12.8 Å². The maximum absolute atomic E-state index is 12.6. The third kappa shape index (κ3) is 1.50. The van der Waals surface area contributed by atoms with Gasteiger partial charge >= 0.3 is 0 Å². The molecule has 100 valence electrons. The lowest BCUT2D eigenvalue weighted by Gasteiger charge is -2.39. The van der Waals surface area contributed by atoms with Gasteiger partial charge in [-0.3, -0.25) is 4.79 Å². The number of fused-ring (bicyclic) bond motifs is 1. The molecule has 3 fully saturated rings. The Hall–Kier alpha value is -1.39. The molecule has 1 saturated carbocycles. The van der Waals surface area contributed by atoms with Gasteiger partial charge in [-0.25, -0.2) is 0 Å². The lowest BCUT2D eigenvalue weighted by Crippen LogP contribution is -2.54. The van der Waals surface area contributed by atoms with E-state index in [1.807, 2.05) is 23.1 Å². The van der Waals surface area contributed by atoms with E-state index in [0.29, 0.717) is 12.8 Å². The maximum Gasteiger partial charge on any atom is 0.257 e. The van der Waals surface area contributed by atoms with E-state index < -0.39 is 5.60 Å². The van der Waals surface area contributed by atoms with Crippen LogP contribution in [0.25, 0.3) is 0 Å². The number of aliphatic hydroxyl groups is 1. The van der Waals surface area contributed by atoms with Gasteiger partial charge in [0, 0.05) is 12.8 Å². The molecule has 1 aromatic rings. The molecule has 4 rings (SSSR count). The van der Waals surface area contributed by atoms with Gasteiger partial charge in [0.1, 0.15) is 6.23 Å². The van der Waals surface area contributed by atoms with Crippen LogP contribution in [0.4, 0.5) is 0 Å². The molecule has 1 amide bonds. The first kappa shape index (κ1) is 11.4. The van der Waals surface area contributed by atoms with Crippen molar-refractivity contribution in [1.29, 1.82) is 0 Å². The van der Waals surface area contributed by atoms with Crippen molar-refractivity contribution >= 4 is 5.91 Å². The van der Waals surface area contributed by atoms with Gasteiger partial charge in [0.2, 0.25) is 0 Å². The molecule has 4 nitrogen and oxygen atoms in total. The van der Waals surface area contributed by atoms with E-state index in [-0.39, 0.29) is 24.3 Å². The molecule has 2 heterocycles. The second-order valence-electron chi connectivity index (χ2n) is 5.85. The lowest BCUT2D eigenvalue weighted by molar-refractivity contribution is -0.165. The van der Waals surface area contributed by atoms with E-state index in [1.165, 1.54) is 5.56 Å². The lowest BCUT2D eigenvalue weighted by atomic mass is 9.76. The highest BCUT2D eigenvalue weighted by Crippen LogP contribution is 2.51. The van der Waals surface area contributed by atoms with Crippen LogP contribution < -0.4 is 0 Å². The summed E-state index contributed by atoms with van der Waals surface area (Å²) >= 11 is 0. The molecule has 0 unspecified atom stereocenters. The average molecular weight is 259 g/mol. The molecule has 4 heteroatoms. The van der Waals surface area contributed by atoms with Gasteiger partial charge in [-0.1, -0.05) is 30.3 Å². The van der Waals surface area contributed by atoms with E-state index >= 15 is 0 Å². The zero-order valence-electron chi connectivity index (χ0n) is 10.7. The predicted octanol–water partition coefficient (Wildman–Crippen LogP) is 1.60. The van der Waals surface area contributed by atoms with Crippen molar-refractivity contribution in [2.24, 2.45) is 0 Å². The Kier molecular flexibility index (Phi) is 2.29. The van der Waals surface area contributed by atoms with Gasteiger partial charge in [-0.15, -0.1) is 0 Å². The van der Waals surface area contributed by atoms with Crippen molar-refractivity contribution in [3.05, 3.63) is 35.9 Å². The Morgan fingerprint density at radius 1 is 1.21 bits per heavy atom. The Labute approximate surface area is 112 Å². The van der Waals surface area contributed by atoms with Gasteiger partial charge in [-0.2, -0.15) is 0 Å². The number of benzene rings is 1. The molecule has 1 spiro atoms. The molecule has 2 saturated heterocycles. The summed E-state index contributed by atoms with van der Waals surface area (Å²) in [5, 5.41) is 9.49. The molecule has 2 atom stereocenters. The normalized spacial score (nSPS) is 40.6. The summed E-state index contributed by atoms with van der Waals surface area (Å²) in [6.07, 6.45) is 2.30. The molecule has 3 aliphatic rings. The molecular formula is C15H17NO3. The Morgan fingerprint density at radius 3 is 2.63 bits per heavy atom. The van der Waals surface area contributed by atoms with Crippen molar-refractivity contribution in [3.8, 4) is 0 Å². The number of carbonyl (C=O) groups excluding carboxylic acids is 1. The summed E-state index contributed by atoms with van der Waals surface area (Å²) in [5.41, 5.74) is 0.469. The smallest absolute Gasteiger partial charge is 0.257 e. The summed E-state index contributed by atoms with van der Waals surface area (Å²) < 4.78 is 5.96. The Bertz CT molecular complexity index is 509. The highest BCUT2D eigenvalue weighted by Gasteiger charge is 2.62. The first-order valence-corrected chi connectivity index (χ1v) is 6.93. The molecule has 0 aromatic heterocycles. The summed E-state index contributed by atoms with van der Waals surface area (Å²) in [4.78, 5) is 14.5. The predicted molar refractivity (Wildman–Crippen MR) is 68.1 cm³/mol. The number of hydrogen-bond acceptors (Lipinski definition) is 3. The van der Waals surface area contributed by atoms with Crippen LogP contribution in [0.2, 0.25) is 0 Å². The van der Waals surface area contributed by atoms with Crippen LogP contribution in [0.15, 0.2) is 30.3 Å². The zero-order chi connectivity index (χ0) is 13.0.